The number of hydrogen-bond acceptors (Lipinski definition) is 6. The summed E-state index contributed by atoms with van der Waals surface area (Å²) >= 11 is 0. The standard InChI is InChI=1S/C25H27F2N5O2/c26-18-7-16(8-19(27)9-18)13-34-22-1-2-24(28)23(10-22)25(29)17-11-30-32(12-17)20-3-5-31(6-4-20)21-14-33-15-21/h1-2,7-12,20-21,29H,3-6,13-15,28H2. The van der Waals surface area contributed by atoms with Gasteiger partial charge in [0, 0.05) is 42.2 Å². The van der Waals surface area contributed by atoms with E-state index in [0.29, 0.717) is 40.2 Å². The number of nitrogens with zero attached hydrogens (tertiary/aromatic N) is 3. The molecule has 9 heteroatoms. The molecule has 0 bridgehead atoms. The first kappa shape index (κ1) is 22.5. The van der Waals surface area contributed by atoms with Crippen molar-refractivity contribution >= 4 is 11.4 Å². The third-order valence-corrected chi connectivity index (χ3v) is 6.52. The van der Waals surface area contributed by atoms with Crippen LogP contribution in [0.15, 0.2) is 48.8 Å². The molecule has 34 heavy (non-hydrogen) atoms. The van der Waals surface area contributed by atoms with Gasteiger partial charge in [0.1, 0.15) is 24.0 Å². The highest BCUT2D eigenvalue weighted by molar-refractivity contribution is 6.13. The van der Waals surface area contributed by atoms with Gasteiger partial charge < -0.3 is 15.2 Å². The zero-order chi connectivity index (χ0) is 23.7. The second kappa shape index (κ2) is 9.52. The van der Waals surface area contributed by atoms with E-state index in [1.807, 2.05) is 10.9 Å². The van der Waals surface area contributed by atoms with Crippen molar-refractivity contribution in [1.82, 2.24) is 14.7 Å². The van der Waals surface area contributed by atoms with Crippen LogP contribution in [0.3, 0.4) is 0 Å². The van der Waals surface area contributed by atoms with Crippen molar-refractivity contribution in [1.29, 1.82) is 5.41 Å². The summed E-state index contributed by atoms with van der Waals surface area (Å²) in [6.45, 7) is 3.70. The highest BCUT2D eigenvalue weighted by atomic mass is 19.1. The number of ether oxygens (including phenoxy) is 2. The summed E-state index contributed by atoms with van der Waals surface area (Å²) in [5, 5.41) is 13.2. The predicted octanol–water partition coefficient (Wildman–Crippen LogP) is 3.77. The van der Waals surface area contributed by atoms with Crippen LogP contribution in [0.2, 0.25) is 0 Å². The van der Waals surface area contributed by atoms with E-state index in [2.05, 4.69) is 10.00 Å². The van der Waals surface area contributed by atoms with Gasteiger partial charge in [-0.15, -0.1) is 0 Å². The molecule has 0 radical (unpaired) electrons. The fraction of sp³-hybridized carbons (Fsp3) is 0.360. The molecule has 0 spiro atoms. The molecule has 2 saturated heterocycles. The number of rotatable bonds is 7. The summed E-state index contributed by atoms with van der Waals surface area (Å²) < 4.78 is 39.8. The topological polar surface area (TPSA) is 89.4 Å². The number of aromatic nitrogens is 2. The fourth-order valence-electron chi connectivity index (χ4n) is 4.47. The number of nitrogens with two attached hydrogens (primary N) is 1. The van der Waals surface area contributed by atoms with Crippen LogP contribution in [0, 0.1) is 17.0 Å². The van der Waals surface area contributed by atoms with Gasteiger partial charge in [-0.05, 0) is 48.7 Å². The molecule has 2 aliphatic heterocycles. The Kier molecular flexibility index (Phi) is 6.30. The smallest absolute Gasteiger partial charge is 0.126 e. The molecule has 0 atom stereocenters. The number of piperidine rings is 1. The molecule has 0 amide bonds. The molecule has 2 fully saturated rings. The molecule has 2 aromatic carbocycles. The second-order valence-electron chi connectivity index (χ2n) is 8.86. The SMILES string of the molecule is N=C(c1cnn(C2CCN(C3COC3)CC2)c1)c1cc(OCc2cc(F)cc(F)c2)ccc1N. The van der Waals surface area contributed by atoms with Crippen LogP contribution >= 0.6 is 0 Å². The summed E-state index contributed by atoms with van der Waals surface area (Å²) in [5.41, 5.74) is 8.40. The maximum Gasteiger partial charge on any atom is 0.126 e. The summed E-state index contributed by atoms with van der Waals surface area (Å²) in [6, 6.07) is 9.13. The maximum atomic E-state index is 13.4. The lowest BCUT2D eigenvalue weighted by Gasteiger charge is -2.41. The van der Waals surface area contributed by atoms with Crippen LogP contribution < -0.4 is 10.5 Å². The van der Waals surface area contributed by atoms with Gasteiger partial charge in [0.2, 0.25) is 0 Å². The average molecular weight is 468 g/mol. The molecule has 178 valence electrons. The minimum Gasteiger partial charge on any atom is -0.489 e. The normalized spacial score (nSPS) is 17.5. The maximum absolute atomic E-state index is 13.4. The Labute approximate surface area is 196 Å². The molecule has 5 rings (SSSR count). The summed E-state index contributed by atoms with van der Waals surface area (Å²) in [7, 11) is 0. The zero-order valence-corrected chi connectivity index (χ0v) is 18.7. The fourth-order valence-corrected chi connectivity index (χ4v) is 4.47. The van der Waals surface area contributed by atoms with Gasteiger partial charge in [0.15, 0.2) is 0 Å². The van der Waals surface area contributed by atoms with E-state index in [9.17, 15) is 8.78 Å². The van der Waals surface area contributed by atoms with Crippen molar-refractivity contribution in [3.8, 4) is 5.75 Å². The van der Waals surface area contributed by atoms with Crippen molar-refractivity contribution < 1.29 is 18.3 Å². The van der Waals surface area contributed by atoms with Gasteiger partial charge in [-0.25, -0.2) is 8.78 Å². The van der Waals surface area contributed by atoms with E-state index < -0.39 is 11.6 Å². The third-order valence-electron chi connectivity index (χ3n) is 6.52. The van der Waals surface area contributed by atoms with E-state index in [4.69, 9.17) is 20.6 Å². The molecule has 3 N–H and O–H groups in total. The monoisotopic (exact) mass is 467 g/mol. The first-order chi connectivity index (χ1) is 16.5. The Bertz CT molecular complexity index is 1170. The largest absolute Gasteiger partial charge is 0.489 e. The van der Waals surface area contributed by atoms with Crippen molar-refractivity contribution in [3.63, 3.8) is 0 Å². The molecule has 3 heterocycles. The number of likely N-dealkylation sites (tertiary alicyclic amines) is 1. The van der Waals surface area contributed by atoms with Gasteiger partial charge in [-0.2, -0.15) is 5.10 Å². The van der Waals surface area contributed by atoms with Crippen molar-refractivity contribution in [2.24, 2.45) is 0 Å². The number of hydrogen-bond donors (Lipinski definition) is 2. The molecule has 1 aromatic heterocycles. The van der Waals surface area contributed by atoms with Gasteiger partial charge in [-0.3, -0.25) is 15.0 Å². The molecule has 0 aliphatic carbocycles. The Morgan fingerprint density at radius 1 is 1.09 bits per heavy atom. The Morgan fingerprint density at radius 3 is 2.50 bits per heavy atom. The molecule has 0 unspecified atom stereocenters. The Hall–Kier alpha value is -3.30. The Morgan fingerprint density at radius 2 is 1.82 bits per heavy atom. The number of nitrogens with one attached hydrogen (secondary N) is 1. The molecule has 2 aliphatic rings. The van der Waals surface area contributed by atoms with Gasteiger partial charge in [-0.1, -0.05) is 0 Å². The van der Waals surface area contributed by atoms with Crippen molar-refractivity contribution in [2.75, 3.05) is 32.0 Å². The average Bonchev–Trinajstić information content (AvgIpc) is 3.27. The van der Waals surface area contributed by atoms with Crippen molar-refractivity contribution in [3.05, 3.63) is 77.1 Å². The van der Waals surface area contributed by atoms with E-state index in [1.54, 1.807) is 24.4 Å². The molecule has 7 nitrogen and oxygen atoms in total. The van der Waals surface area contributed by atoms with Gasteiger partial charge in [0.25, 0.3) is 0 Å². The lowest BCUT2D eigenvalue weighted by molar-refractivity contribution is -0.0734. The first-order valence-corrected chi connectivity index (χ1v) is 11.4. The number of nitrogen functional groups attached to an aromatic ring is 1. The third kappa shape index (κ3) is 4.80. The van der Waals surface area contributed by atoms with Crippen LogP contribution in [-0.4, -0.2) is 52.7 Å². The van der Waals surface area contributed by atoms with Crippen LogP contribution in [0.4, 0.5) is 14.5 Å². The molecular formula is C25H27F2N5O2. The molecule has 0 saturated carbocycles. The van der Waals surface area contributed by atoms with E-state index in [-0.39, 0.29) is 12.3 Å². The van der Waals surface area contributed by atoms with Crippen LogP contribution in [0.5, 0.6) is 5.75 Å². The predicted molar refractivity (Wildman–Crippen MR) is 124 cm³/mol. The number of anilines is 1. The second-order valence-corrected chi connectivity index (χ2v) is 8.86. The van der Waals surface area contributed by atoms with Gasteiger partial charge in [0.05, 0.1) is 37.2 Å². The lowest BCUT2D eigenvalue weighted by Crippen LogP contribution is -2.51. The minimum atomic E-state index is -0.655. The molecular weight excluding hydrogens is 440 g/mol. The summed E-state index contributed by atoms with van der Waals surface area (Å²) in [4.78, 5) is 2.48. The van der Waals surface area contributed by atoms with E-state index in [1.165, 1.54) is 12.1 Å². The van der Waals surface area contributed by atoms with Crippen LogP contribution in [0.25, 0.3) is 0 Å². The van der Waals surface area contributed by atoms with Gasteiger partial charge >= 0.3 is 0 Å². The lowest BCUT2D eigenvalue weighted by atomic mass is 10.0. The highest BCUT2D eigenvalue weighted by Crippen LogP contribution is 2.27. The Balaban J connectivity index is 1.25. The summed E-state index contributed by atoms with van der Waals surface area (Å²) in [5.74, 6) is -0.852. The zero-order valence-electron chi connectivity index (χ0n) is 18.7. The first-order valence-electron chi connectivity index (χ1n) is 11.4. The summed E-state index contributed by atoms with van der Waals surface area (Å²) in [6.07, 6.45) is 5.61. The molecule has 3 aromatic rings. The highest BCUT2D eigenvalue weighted by Gasteiger charge is 2.30. The van der Waals surface area contributed by atoms with E-state index in [0.717, 1.165) is 45.2 Å². The quantitative estimate of drug-likeness (QED) is 0.408. The van der Waals surface area contributed by atoms with Crippen LogP contribution in [-0.2, 0) is 11.3 Å². The number of halogens is 2. The van der Waals surface area contributed by atoms with Crippen LogP contribution in [0.1, 0.15) is 35.6 Å². The number of benzene rings is 2. The minimum absolute atomic E-state index is 0.00498. The van der Waals surface area contributed by atoms with Crippen molar-refractivity contribution in [2.45, 2.75) is 31.5 Å². The van der Waals surface area contributed by atoms with E-state index >= 15 is 0 Å².